The van der Waals surface area contributed by atoms with Crippen molar-refractivity contribution in [3.8, 4) is 22.8 Å². The summed E-state index contributed by atoms with van der Waals surface area (Å²) in [4.78, 5) is 11.3. The van der Waals surface area contributed by atoms with Crippen LogP contribution in [0.15, 0.2) is 24.3 Å². The summed E-state index contributed by atoms with van der Waals surface area (Å²) in [5.74, 6) is 0.487. The Morgan fingerprint density at radius 2 is 1.76 bits per heavy atom. The SMILES string of the molecule is COc1cccc(OC)c1-c1cc(C(=O)O)nn1CC(C)C.O.[Li+].[OH-]. The summed E-state index contributed by atoms with van der Waals surface area (Å²) < 4.78 is 12.5. The Kier molecular flexibility index (Phi) is 10.9. The number of hydrogen-bond acceptors (Lipinski definition) is 5. The van der Waals surface area contributed by atoms with E-state index in [2.05, 4.69) is 5.10 Å². The van der Waals surface area contributed by atoms with Gasteiger partial charge >= 0.3 is 24.8 Å². The average Bonchev–Trinajstić information content (AvgIpc) is 2.89. The van der Waals surface area contributed by atoms with Crippen molar-refractivity contribution in [2.24, 2.45) is 5.92 Å². The van der Waals surface area contributed by atoms with Gasteiger partial charge in [0.1, 0.15) is 11.5 Å². The van der Waals surface area contributed by atoms with Crippen LogP contribution in [0.4, 0.5) is 0 Å². The van der Waals surface area contributed by atoms with Crippen LogP contribution in [0.25, 0.3) is 11.3 Å². The van der Waals surface area contributed by atoms with Gasteiger partial charge in [-0.05, 0) is 24.1 Å². The molecule has 0 unspecified atom stereocenters. The first-order chi connectivity index (χ1) is 10.5. The fourth-order valence-electron chi connectivity index (χ4n) is 2.31. The van der Waals surface area contributed by atoms with E-state index >= 15 is 0 Å². The molecule has 0 amide bonds. The molecule has 1 aromatic carbocycles. The molecule has 1 heterocycles. The van der Waals surface area contributed by atoms with E-state index in [1.54, 1.807) is 25.0 Å². The van der Waals surface area contributed by atoms with Crippen LogP contribution in [0.2, 0.25) is 0 Å². The number of carbonyl (C=O) groups is 1. The van der Waals surface area contributed by atoms with Crippen LogP contribution in [0, 0.1) is 5.92 Å². The third-order valence-electron chi connectivity index (χ3n) is 3.22. The molecule has 0 aliphatic carbocycles. The topological polar surface area (TPSA) is 135 Å². The quantitative estimate of drug-likeness (QED) is 0.661. The molecule has 0 saturated carbocycles. The first-order valence-corrected chi connectivity index (χ1v) is 7.00. The van der Waals surface area contributed by atoms with Crippen molar-refractivity contribution in [2.45, 2.75) is 20.4 Å². The van der Waals surface area contributed by atoms with E-state index in [1.165, 1.54) is 0 Å². The zero-order valence-corrected chi connectivity index (χ0v) is 15.1. The van der Waals surface area contributed by atoms with Crippen LogP contribution in [0.3, 0.4) is 0 Å². The monoisotopic (exact) mass is 346 g/mol. The fourth-order valence-corrected chi connectivity index (χ4v) is 2.31. The van der Waals surface area contributed by atoms with Gasteiger partial charge in [0.25, 0.3) is 0 Å². The van der Waals surface area contributed by atoms with Gasteiger partial charge in [-0.1, -0.05) is 19.9 Å². The van der Waals surface area contributed by atoms with Crippen molar-refractivity contribution >= 4 is 5.97 Å². The third-order valence-corrected chi connectivity index (χ3v) is 3.22. The Morgan fingerprint density at radius 1 is 1.24 bits per heavy atom. The number of aromatic carboxylic acids is 1. The van der Waals surface area contributed by atoms with Gasteiger partial charge in [0.05, 0.1) is 25.5 Å². The van der Waals surface area contributed by atoms with E-state index in [0.717, 1.165) is 0 Å². The molecule has 0 aliphatic rings. The zero-order chi connectivity index (χ0) is 16.3. The molecule has 2 aromatic rings. The maximum absolute atomic E-state index is 11.3. The van der Waals surface area contributed by atoms with E-state index < -0.39 is 5.97 Å². The minimum atomic E-state index is -1.06. The number of hydrogen-bond donors (Lipinski definition) is 1. The first kappa shape index (κ1) is 25.3. The van der Waals surface area contributed by atoms with E-state index in [9.17, 15) is 9.90 Å². The van der Waals surface area contributed by atoms with Crippen LogP contribution in [0.5, 0.6) is 11.5 Å². The van der Waals surface area contributed by atoms with Gasteiger partial charge in [-0.3, -0.25) is 4.68 Å². The number of rotatable bonds is 6. The van der Waals surface area contributed by atoms with Crippen LogP contribution in [-0.4, -0.2) is 46.0 Å². The van der Waals surface area contributed by atoms with Gasteiger partial charge in [0.15, 0.2) is 5.69 Å². The number of methoxy groups -OCH3 is 2. The second kappa shape index (κ2) is 10.8. The smallest absolute Gasteiger partial charge is 0.870 e. The summed E-state index contributed by atoms with van der Waals surface area (Å²) in [6.07, 6.45) is 0. The number of benzene rings is 1. The minimum absolute atomic E-state index is 0. The van der Waals surface area contributed by atoms with E-state index in [0.29, 0.717) is 35.2 Å². The molecule has 2 rings (SSSR count). The Hall–Kier alpha value is -1.98. The van der Waals surface area contributed by atoms with Gasteiger partial charge in [0, 0.05) is 6.54 Å². The van der Waals surface area contributed by atoms with Crippen molar-refractivity contribution in [3.63, 3.8) is 0 Å². The number of carboxylic acids is 1. The second-order valence-electron chi connectivity index (χ2n) is 5.33. The minimum Gasteiger partial charge on any atom is -0.870 e. The summed E-state index contributed by atoms with van der Waals surface area (Å²) in [7, 11) is 3.14. The molecule has 8 nitrogen and oxygen atoms in total. The van der Waals surface area contributed by atoms with Gasteiger partial charge in [-0.15, -0.1) is 0 Å². The van der Waals surface area contributed by atoms with Crippen LogP contribution >= 0.6 is 0 Å². The van der Waals surface area contributed by atoms with Crippen LogP contribution in [0.1, 0.15) is 24.3 Å². The maximum atomic E-state index is 11.3. The predicted octanol–water partition coefficient (Wildman–Crippen LogP) is -1.08. The van der Waals surface area contributed by atoms with E-state index in [4.69, 9.17) is 9.47 Å². The molecular formula is C16H23LiN2O6. The summed E-state index contributed by atoms with van der Waals surface area (Å²) in [6, 6.07) is 6.99. The molecule has 0 atom stereocenters. The average molecular weight is 346 g/mol. The molecule has 1 aromatic heterocycles. The third kappa shape index (κ3) is 5.51. The number of nitrogens with zero attached hydrogens (tertiary/aromatic N) is 2. The second-order valence-corrected chi connectivity index (χ2v) is 5.33. The Labute approximate surface area is 158 Å². The molecule has 25 heavy (non-hydrogen) atoms. The molecular weight excluding hydrogens is 323 g/mol. The zero-order valence-electron chi connectivity index (χ0n) is 15.1. The number of ether oxygens (including phenoxy) is 2. The molecule has 0 spiro atoms. The molecule has 0 fully saturated rings. The van der Waals surface area contributed by atoms with Gasteiger partial charge in [-0.2, -0.15) is 5.10 Å². The predicted molar refractivity (Wildman–Crippen MR) is 88.1 cm³/mol. The summed E-state index contributed by atoms with van der Waals surface area (Å²) in [5.41, 5.74) is 1.37. The van der Waals surface area contributed by atoms with Crippen molar-refractivity contribution in [3.05, 3.63) is 30.0 Å². The van der Waals surface area contributed by atoms with Crippen molar-refractivity contribution in [1.82, 2.24) is 9.78 Å². The molecule has 0 radical (unpaired) electrons. The molecule has 0 aliphatic heterocycles. The summed E-state index contributed by atoms with van der Waals surface area (Å²) in [6.45, 7) is 4.69. The van der Waals surface area contributed by atoms with Crippen LogP contribution in [-0.2, 0) is 6.54 Å². The molecule has 0 saturated heterocycles. The molecule has 9 heteroatoms. The standard InChI is InChI=1S/C16H20N2O4.Li.2H2O/c1-10(2)9-18-12(8-11(17-18)16(19)20)15-13(21-3)6-5-7-14(15)22-4;;;/h5-8,10H,9H2,1-4H3,(H,19,20);;2*1H2/q;+1;;/p-1. The molecule has 134 valence electrons. The normalized spacial score (nSPS) is 9.48. The van der Waals surface area contributed by atoms with Crippen molar-refractivity contribution < 1.29 is 49.2 Å². The first-order valence-electron chi connectivity index (χ1n) is 7.00. The molecule has 0 bridgehead atoms. The van der Waals surface area contributed by atoms with E-state index in [1.807, 2.05) is 32.0 Å². The summed E-state index contributed by atoms with van der Waals surface area (Å²) >= 11 is 0. The number of carboxylic acid groups (broad SMARTS) is 1. The fraction of sp³-hybridized carbons (Fsp3) is 0.375. The van der Waals surface area contributed by atoms with Gasteiger partial charge in [0.2, 0.25) is 0 Å². The van der Waals surface area contributed by atoms with Crippen molar-refractivity contribution in [1.29, 1.82) is 0 Å². The summed E-state index contributed by atoms with van der Waals surface area (Å²) in [5, 5.41) is 13.4. The maximum Gasteiger partial charge on any atom is 1.00 e. The number of aromatic nitrogens is 2. The molecule has 4 N–H and O–H groups in total. The van der Waals surface area contributed by atoms with Crippen LogP contribution < -0.4 is 28.3 Å². The Morgan fingerprint density at radius 3 is 2.16 bits per heavy atom. The Bertz CT molecular complexity index is 665. The van der Waals surface area contributed by atoms with E-state index in [-0.39, 0.29) is 35.5 Å². The van der Waals surface area contributed by atoms with Gasteiger partial charge < -0.3 is 25.5 Å². The van der Waals surface area contributed by atoms with Crippen molar-refractivity contribution in [2.75, 3.05) is 14.2 Å². The van der Waals surface area contributed by atoms with Gasteiger partial charge in [-0.25, -0.2) is 4.79 Å². The largest absolute Gasteiger partial charge is 1.00 e. The Balaban J connectivity index is 0.